The van der Waals surface area contributed by atoms with Gasteiger partial charge in [-0.25, -0.2) is 14.8 Å². The first-order chi connectivity index (χ1) is 7.38. The molecule has 0 aliphatic carbocycles. The lowest BCUT2D eigenvalue weighted by atomic mass is 9.96. The maximum atomic E-state index is 10.7. The van der Waals surface area contributed by atoms with Crippen molar-refractivity contribution in [3.63, 3.8) is 0 Å². The van der Waals surface area contributed by atoms with Gasteiger partial charge in [0, 0.05) is 5.41 Å². The molecule has 0 aromatic carbocycles. The molecular formula is C11H13N3O2. The Balaban J connectivity index is 2.59. The van der Waals surface area contributed by atoms with Gasteiger partial charge in [0.1, 0.15) is 5.82 Å². The number of carbonyl (C=O) groups is 1. The van der Waals surface area contributed by atoms with Gasteiger partial charge in [-0.05, 0) is 12.1 Å². The van der Waals surface area contributed by atoms with Crippen LogP contribution >= 0.6 is 0 Å². The maximum Gasteiger partial charge on any atom is 0.354 e. The summed E-state index contributed by atoms with van der Waals surface area (Å²) in [5.41, 5.74) is 1.11. The van der Waals surface area contributed by atoms with E-state index < -0.39 is 5.97 Å². The summed E-state index contributed by atoms with van der Waals surface area (Å²) in [6.07, 6.45) is 0. The topological polar surface area (TPSA) is 78.9 Å². The van der Waals surface area contributed by atoms with Crippen LogP contribution in [-0.2, 0) is 5.41 Å². The van der Waals surface area contributed by atoms with Gasteiger partial charge in [-0.3, -0.25) is 0 Å². The quantitative estimate of drug-likeness (QED) is 0.768. The Morgan fingerprint density at radius 1 is 1.31 bits per heavy atom. The summed E-state index contributed by atoms with van der Waals surface area (Å²) in [4.78, 5) is 22.1. The maximum absolute atomic E-state index is 10.7. The van der Waals surface area contributed by atoms with Crippen LogP contribution < -0.4 is 0 Å². The molecule has 0 amide bonds. The van der Waals surface area contributed by atoms with Crippen molar-refractivity contribution in [2.75, 3.05) is 0 Å². The normalized spacial score (nSPS) is 11.9. The van der Waals surface area contributed by atoms with Gasteiger partial charge in [-0.1, -0.05) is 20.8 Å². The van der Waals surface area contributed by atoms with Crippen molar-refractivity contribution in [1.82, 2.24) is 15.0 Å². The monoisotopic (exact) mass is 219 g/mol. The van der Waals surface area contributed by atoms with E-state index in [0.29, 0.717) is 5.65 Å². The van der Waals surface area contributed by atoms with Gasteiger partial charge in [0.15, 0.2) is 11.3 Å². The van der Waals surface area contributed by atoms with Gasteiger partial charge in [0.25, 0.3) is 0 Å². The van der Waals surface area contributed by atoms with E-state index in [1.165, 1.54) is 6.07 Å². The predicted octanol–water partition coefficient (Wildman–Crippen LogP) is 1.95. The van der Waals surface area contributed by atoms with Crippen LogP contribution in [0.4, 0.5) is 0 Å². The first kappa shape index (κ1) is 10.6. The molecule has 5 nitrogen and oxygen atoms in total. The number of hydrogen-bond donors (Lipinski definition) is 2. The molecule has 2 heterocycles. The van der Waals surface area contributed by atoms with Crippen LogP contribution in [0.2, 0.25) is 0 Å². The highest BCUT2D eigenvalue weighted by Crippen LogP contribution is 2.21. The van der Waals surface area contributed by atoms with Gasteiger partial charge in [0.2, 0.25) is 0 Å². The molecule has 0 saturated heterocycles. The molecule has 0 spiro atoms. The summed E-state index contributed by atoms with van der Waals surface area (Å²) in [5, 5.41) is 8.81. The third-order valence-corrected chi connectivity index (χ3v) is 2.28. The van der Waals surface area contributed by atoms with E-state index in [1.54, 1.807) is 6.07 Å². The second-order valence-electron chi connectivity index (χ2n) is 4.71. The van der Waals surface area contributed by atoms with Gasteiger partial charge in [-0.15, -0.1) is 0 Å². The zero-order valence-electron chi connectivity index (χ0n) is 9.40. The summed E-state index contributed by atoms with van der Waals surface area (Å²) in [5.74, 6) is -0.236. The number of aromatic amines is 1. The number of carboxylic acid groups (broad SMARTS) is 1. The van der Waals surface area contributed by atoms with E-state index >= 15 is 0 Å². The van der Waals surface area contributed by atoms with Crippen LogP contribution in [0.1, 0.15) is 37.1 Å². The van der Waals surface area contributed by atoms with Gasteiger partial charge >= 0.3 is 5.97 Å². The number of aromatic carboxylic acids is 1. The van der Waals surface area contributed by atoms with E-state index in [4.69, 9.17) is 5.11 Å². The smallest absolute Gasteiger partial charge is 0.354 e. The van der Waals surface area contributed by atoms with Crippen molar-refractivity contribution >= 4 is 17.1 Å². The highest BCUT2D eigenvalue weighted by atomic mass is 16.4. The van der Waals surface area contributed by atoms with E-state index in [1.807, 2.05) is 20.8 Å². The lowest BCUT2D eigenvalue weighted by Crippen LogP contribution is -2.13. The number of hydrogen-bond acceptors (Lipinski definition) is 3. The number of nitrogens with one attached hydrogen (secondary N) is 1. The highest BCUT2D eigenvalue weighted by Gasteiger charge is 2.19. The summed E-state index contributed by atoms with van der Waals surface area (Å²) in [7, 11) is 0. The van der Waals surface area contributed by atoms with Crippen molar-refractivity contribution in [3.8, 4) is 0 Å². The molecule has 0 saturated carbocycles. The molecule has 0 fully saturated rings. The fourth-order valence-corrected chi connectivity index (χ4v) is 1.37. The molecule has 2 aromatic rings. The number of H-pyrrole nitrogens is 1. The Morgan fingerprint density at radius 3 is 2.56 bits per heavy atom. The lowest BCUT2D eigenvalue weighted by Gasteiger charge is -2.13. The van der Waals surface area contributed by atoms with E-state index in [2.05, 4.69) is 15.0 Å². The second-order valence-corrected chi connectivity index (χ2v) is 4.71. The number of fused-ring (bicyclic) bond motifs is 1. The Bertz CT molecular complexity index is 552. The van der Waals surface area contributed by atoms with Gasteiger partial charge in [-0.2, -0.15) is 0 Å². The molecule has 84 valence electrons. The van der Waals surface area contributed by atoms with Crippen molar-refractivity contribution < 1.29 is 9.90 Å². The molecule has 0 atom stereocenters. The van der Waals surface area contributed by atoms with Crippen molar-refractivity contribution in [3.05, 3.63) is 23.7 Å². The minimum Gasteiger partial charge on any atom is -0.477 e. The van der Waals surface area contributed by atoms with Crippen molar-refractivity contribution in [2.24, 2.45) is 0 Å². The first-order valence-corrected chi connectivity index (χ1v) is 4.98. The molecule has 2 rings (SSSR count). The molecule has 2 N–H and O–H groups in total. The lowest BCUT2D eigenvalue weighted by molar-refractivity contribution is 0.0691. The highest BCUT2D eigenvalue weighted by molar-refractivity contribution is 5.88. The molecule has 0 aliphatic rings. The molecular weight excluding hydrogens is 206 g/mol. The number of pyridine rings is 1. The fraction of sp³-hybridized carbons (Fsp3) is 0.364. The first-order valence-electron chi connectivity index (χ1n) is 4.98. The third kappa shape index (κ3) is 1.76. The number of aromatic nitrogens is 3. The SMILES string of the molecule is CC(C)(C)c1nc2nc(C(=O)O)ccc2[nH]1. The second kappa shape index (κ2) is 3.30. The molecule has 0 unspecified atom stereocenters. The molecule has 2 aromatic heterocycles. The zero-order chi connectivity index (χ0) is 11.9. The number of nitrogens with zero attached hydrogens (tertiary/aromatic N) is 2. The largest absolute Gasteiger partial charge is 0.477 e. The number of imidazole rings is 1. The van der Waals surface area contributed by atoms with E-state index in [-0.39, 0.29) is 11.1 Å². The van der Waals surface area contributed by atoms with Crippen LogP contribution in [0, 0.1) is 0 Å². The zero-order valence-corrected chi connectivity index (χ0v) is 9.40. The summed E-state index contributed by atoms with van der Waals surface area (Å²) < 4.78 is 0. The Morgan fingerprint density at radius 2 is 2.00 bits per heavy atom. The van der Waals surface area contributed by atoms with Crippen LogP contribution in [-0.4, -0.2) is 26.0 Å². The van der Waals surface area contributed by atoms with Crippen LogP contribution in [0.15, 0.2) is 12.1 Å². The molecule has 16 heavy (non-hydrogen) atoms. The average molecular weight is 219 g/mol. The number of carboxylic acids is 1. The van der Waals surface area contributed by atoms with Crippen LogP contribution in [0.25, 0.3) is 11.2 Å². The Labute approximate surface area is 92.5 Å². The fourth-order valence-electron chi connectivity index (χ4n) is 1.37. The third-order valence-electron chi connectivity index (χ3n) is 2.28. The molecule has 0 bridgehead atoms. The van der Waals surface area contributed by atoms with E-state index in [0.717, 1.165) is 11.3 Å². The summed E-state index contributed by atoms with van der Waals surface area (Å²) in [6.45, 7) is 6.09. The van der Waals surface area contributed by atoms with Crippen LogP contribution in [0.3, 0.4) is 0 Å². The standard InChI is InChI=1S/C11H13N3O2/c1-11(2,3)10-13-6-4-5-7(9(15)16)12-8(6)14-10/h4-5H,1-3H3,(H,15,16)(H,12,13,14). The van der Waals surface area contributed by atoms with Crippen molar-refractivity contribution in [1.29, 1.82) is 0 Å². The minimum atomic E-state index is -1.04. The summed E-state index contributed by atoms with van der Waals surface area (Å²) >= 11 is 0. The average Bonchev–Trinajstić information content (AvgIpc) is 2.58. The molecule has 0 radical (unpaired) electrons. The summed E-state index contributed by atoms with van der Waals surface area (Å²) in [6, 6.07) is 3.16. The van der Waals surface area contributed by atoms with Gasteiger partial charge < -0.3 is 10.1 Å². The van der Waals surface area contributed by atoms with Gasteiger partial charge in [0.05, 0.1) is 5.52 Å². The number of rotatable bonds is 1. The van der Waals surface area contributed by atoms with Crippen molar-refractivity contribution in [2.45, 2.75) is 26.2 Å². The predicted molar refractivity (Wildman–Crippen MR) is 59.5 cm³/mol. The molecule has 0 aliphatic heterocycles. The Kier molecular flexibility index (Phi) is 2.18. The minimum absolute atomic E-state index is 0.0134. The molecule has 5 heteroatoms. The Hall–Kier alpha value is -1.91. The van der Waals surface area contributed by atoms with Crippen LogP contribution in [0.5, 0.6) is 0 Å². The van der Waals surface area contributed by atoms with E-state index in [9.17, 15) is 4.79 Å².